The van der Waals surface area contributed by atoms with Crippen LogP contribution in [-0.2, 0) is 9.47 Å². The van der Waals surface area contributed by atoms with Gasteiger partial charge < -0.3 is 14.8 Å². The molecule has 1 saturated heterocycles. The molecule has 0 aromatic heterocycles. The van der Waals surface area contributed by atoms with Crippen molar-refractivity contribution in [3.63, 3.8) is 0 Å². The number of hydrogen-bond acceptors (Lipinski definition) is 4. The second-order valence-corrected chi connectivity index (χ2v) is 4.65. The van der Waals surface area contributed by atoms with Crippen molar-refractivity contribution in [2.24, 2.45) is 0 Å². The van der Waals surface area contributed by atoms with Gasteiger partial charge in [0.2, 0.25) is 0 Å². The maximum absolute atomic E-state index is 5.60. The summed E-state index contributed by atoms with van der Waals surface area (Å²) in [5.41, 5.74) is 0. The number of likely N-dealkylation sites (N-methyl/N-ethyl adjacent to an activating group) is 1. The van der Waals surface area contributed by atoms with Crippen LogP contribution >= 0.6 is 0 Å². The monoisotopic (exact) mass is 230 g/mol. The van der Waals surface area contributed by atoms with Gasteiger partial charge in [-0.25, -0.2) is 0 Å². The topological polar surface area (TPSA) is 33.7 Å². The van der Waals surface area contributed by atoms with Gasteiger partial charge in [-0.05, 0) is 27.3 Å². The van der Waals surface area contributed by atoms with Crippen LogP contribution in [0.4, 0.5) is 0 Å². The minimum Gasteiger partial charge on any atom is -0.383 e. The Labute approximate surface area is 99.3 Å². The Morgan fingerprint density at radius 3 is 2.81 bits per heavy atom. The second-order valence-electron chi connectivity index (χ2n) is 4.65. The van der Waals surface area contributed by atoms with Gasteiger partial charge in [0.25, 0.3) is 0 Å². The Kier molecular flexibility index (Phi) is 6.28. The van der Waals surface area contributed by atoms with Crippen LogP contribution in [0.25, 0.3) is 0 Å². The molecule has 2 atom stereocenters. The van der Waals surface area contributed by atoms with E-state index in [2.05, 4.69) is 24.1 Å². The lowest BCUT2D eigenvalue weighted by molar-refractivity contribution is -0.0207. The summed E-state index contributed by atoms with van der Waals surface area (Å²) in [7, 11) is 3.79. The van der Waals surface area contributed by atoms with Crippen molar-refractivity contribution >= 4 is 0 Å². The Morgan fingerprint density at radius 1 is 1.50 bits per heavy atom. The molecule has 16 heavy (non-hydrogen) atoms. The molecule has 0 saturated carbocycles. The molecule has 0 aliphatic carbocycles. The molecule has 1 fully saturated rings. The summed E-state index contributed by atoms with van der Waals surface area (Å²) < 4.78 is 10.8. The number of rotatable bonds is 6. The van der Waals surface area contributed by atoms with Crippen molar-refractivity contribution < 1.29 is 9.47 Å². The zero-order valence-corrected chi connectivity index (χ0v) is 11.0. The predicted octanol–water partition coefficient (Wildman–Crippen LogP) is 0.720. The number of nitrogens with one attached hydrogen (secondary N) is 1. The van der Waals surface area contributed by atoms with E-state index in [0.717, 1.165) is 32.8 Å². The van der Waals surface area contributed by atoms with Gasteiger partial charge in [-0.2, -0.15) is 0 Å². The molecule has 0 aromatic carbocycles. The van der Waals surface area contributed by atoms with Crippen LogP contribution in [0.15, 0.2) is 0 Å². The zero-order valence-electron chi connectivity index (χ0n) is 11.0. The van der Waals surface area contributed by atoms with Crippen molar-refractivity contribution in [1.29, 1.82) is 0 Å². The summed E-state index contributed by atoms with van der Waals surface area (Å²) in [6.07, 6.45) is 1.09. The summed E-state index contributed by atoms with van der Waals surface area (Å²) in [4.78, 5) is 2.48. The lowest BCUT2D eigenvalue weighted by atomic mass is 10.0. The van der Waals surface area contributed by atoms with Crippen LogP contribution in [-0.4, -0.2) is 63.5 Å². The van der Waals surface area contributed by atoms with E-state index in [9.17, 15) is 0 Å². The van der Waals surface area contributed by atoms with Crippen molar-refractivity contribution in [2.75, 3.05) is 40.5 Å². The van der Waals surface area contributed by atoms with Crippen LogP contribution in [0.5, 0.6) is 0 Å². The second kappa shape index (κ2) is 7.22. The Balaban J connectivity index is 2.58. The first-order valence-corrected chi connectivity index (χ1v) is 6.20. The van der Waals surface area contributed by atoms with Gasteiger partial charge in [0, 0.05) is 38.4 Å². The lowest BCUT2D eigenvalue weighted by Crippen LogP contribution is -2.57. The number of methoxy groups -OCH3 is 1. The van der Waals surface area contributed by atoms with Crippen LogP contribution < -0.4 is 5.32 Å². The Morgan fingerprint density at radius 2 is 2.25 bits per heavy atom. The summed E-state index contributed by atoms with van der Waals surface area (Å²) in [5.74, 6) is 0. The highest BCUT2D eigenvalue weighted by molar-refractivity contribution is 4.87. The molecule has 0 radical (unpaired) electrons. The molecule has 96 valence electrons. The van der Waals surface area contributed by atoms with Gasteiger partial charge in [-0.15, -0.1) is 0 Å². The van der Waals surface area contributed by atoms with E-state index in [4.69, 9.17) is 9.47 Å². The molecule has 0 spiro atoms. The SMILES string of the molecule is CNC1CCOCC1N(CCOC)C(C)C. The van der Waals surface area contributed by atoms with Crippen LogP contribution in [0, 0.1) is 0 Å². The number of ether oxygens (including phenoxy) is 2. The third-order valence-corrected chi connectivity index (χ3v) is 3.34. The minimum absolute atomic E-state index is 0.467. The first-order chi connectivity index (χ1) is 7.70. The Hall–Kier alpha value is -0.160. The fourth-order valence-corrected chi connectivity index (χ4v) is 2.39. The van der Waals surface area contributed by atoms with Crippen LogP contribution in [0.1, 0.15) is 20.3 Å². The molecule has 2 unspecified atom stereocenters. The molecular weight excluding hydrogens is 204 g/mol. The molecule has 1 rings (SSSR count). The van der Waals surface area contributed by atoms with E-state index in [0.29, 0.717) is 18.1 Å². The van der Waals surface area contributed by atoms with E-state index >= 15 is 0 Å². The first-order valence-electron chi connectivity index (χ1n) is 6.20. The van der Waals surface area contributed by atoms with Crippen LogP contribution in [0.2, 0.25) is 0 Å². The minimum atomic E-state index is 0.467. The summed E-state index contributed by atoms with van der Waals surface area (Å²) >= 11 is 0. The van der Waals surface area contributed by atoms with Gasteiger partial charge in [-0.1, -0.05) is 0 Å². The normalized spacial score (nSPS) is 26.6. The third kappa shape index (κ3) is 3.70. The van der Waals surface area contributed by atoms with E-state index in [1.807, 2.05) is 7.05 Å². The predicted molar refractivity (Wildman–Crippen MR) is 65.8 cm³/mol. The largest absolute Gasteiger partial charge is 0.383 e. The standard InChI is InChI=1S/C12H26N2O2/c1-10(2)14(6-8-15-4)12-9-16-7-5-11(12)13-3/h10-13H,5-9H2,1-4H3. The van der Waals surface area contributed by atoms with Crippen molar-refractivity contribution in [1.82, 2.24) is 10.2 Å². The van der Waals surface area contributed by atoms with E-state index in [1.165, 1.54) is 0 Å². The van der Waals surface area contributed by atoms with Gasteiger partial charge in [-0.3, -0.25) is 4.90 Å². The molecule has 4 nitrogen and oxygen atoms in total. The average molecular weight is 230 g/mol. The third-order valence-electron chi connectivity index (χ3n) is 3.34. The van der Waals surface area contributed by atoms with Crippen molar-refractivity contribution in [3.05, 3.63) is 0 Å². The highest BCUT2D eigenvalue weighted by Gasteiger charge is 2.30. The molecular formula is C12H26N2O2. The molecule has 1 heterocycles. The Bertz CT molecular complexity index is 188. The maximum Gasteiger partial charge on any atom is 0.0637 e. The fraction of sp³-hybridized carbons (Fsp3) is 1.00. The smallest absolute Gasteiger partial charge is 0.0637 e. The van der Waals surface area contributed by atoms with E-state index in [-0.39, 0.29) is 0 Å². The van der Waals surface area contributed by atoms with Crippen molar-refractivity contribution in [3.8, 4) is 0 Å². The lowest BCUT2D eigenvalue weighted by Gasteiger charge is -2.41. The highest BCUT2D eigenvalue weighted by Crippen LogP contribution is 2.16. The fourth-order valence-electron chi connectivity index (χ4n) is 2.39. The quantitative estimate of drug-likeness (QED) is 0.729. The average Bonchev–Trinajstić information content (AvgIpc) is 2.29. The highest BCUT2D eigenvalue weighted by atomic mass is 16.5. The van der Waals surface area contributed by atoms with Gasteiger partial charge in [0.15, 0.2) is 0 Å². The summed E-state index contributed by atoms with van der Waals surface area (Å²) in [6, 6.07) is 1.53. The maximum atomic E-state index is 5.60. The zero-order chi connectivity index (χ0) is 12.0. The molecule has 0 bridgehead atoms. The number of hydrogen-bond donors (Lipinski definition) is 1. The molecule has 0 aromatic rings. The molecule has 0 amide bonds. The molecule has 1 aliphatic heterocycles. The van der Waals surface area contributed by atoms with E-state index < -0.39 is 0 Å². The number of nitrogens with zero attached hydrogens (tertiary/aromatic N) is 1. The van der Waals surface area contributed by atoms with Gasteiger partial charge in [0.1, 0.15) is 0 Å². The molecule has 4 heteroatoms. The first kappa shape index (κ1) is 13.9. The summed E-state index contributed by atoms with van der Waals surface area (Å²) in [5, 5.41) is 3.40. The van der Waals surface area contributed by atoms with Gasteiger partial charge >= 0.3 is 0 Å². The van der Waals surface area contributed by atoms with Crippen molar-refractivity contribution in [2.45, 2.75) is 38.4 Å². The van der Waals surface area contributed by atoms with Crippen LogP contribution in [0.3, 0.4) is 0 Å². The van der Waals surface area contributed by atoms with E-state index in [1.54, 1.807) is 7.11 Å². The van der Waals surface area contributed by atoms with Gasteiger partial charge in [0.05, 0.1) is 13.2 Å². The summed E-state index contributed by atoms with van der Waals surface area (Å²) in [6.45, 7) is 7.92. The molecule has 1 aliphatic rings. The molecule has 1 N–H and O–H groups in total.